The van der Waals surface area contributed by atoms with Crippen LogP contribution in [0.1, 0.15) is 277 Å². The summed E-state index contributed by atoms with van der Waals surface area (Å²) in [7, 11) is -3.41. The van der Waals surface area contributed by atoms with Gasteiger partial charge in [0.05, 0.1) is 54.3 Å². The molecule has 0 spiro atoms. The lowest BCUT2D eigenvalue weighted by Gasteiger charge is -2.43. The number of hydrogen-bond acceptors (Lipinski definition) is 18. The summed E-state index contributed by atoms with van der Waals surface area (Å²) in [6, 6.07) is 0. The minimum absolute atomic E-state index is 0. The maximum absolute atomic E-state index is 12.8. The monoisotopic (exact) mass is 1600 g/mol. The summed E-state index contributed by atoms with van der Waals surface area (Å²) in [5, 5.41) is 18.9. The Morgan fingerprint density at radius 2 is 0.766 bits per heavy atom. The van der Waals surface area contributed by atoms with Crippen LogP contribution >= 0.6 is 0 Å². The first kappa shape index (κ1) is 108. The molecule has 12 bridgehead atoms. The molecule has 0 aromatic heterocycles. The van der Waals surface area contributed by atoms with Gasteiger partial charge in [0.15, 0.2) is 6.29 Å². The number of sulfonamides is 1. The Labute approximate surface area is 675 Å². The lowest BCUT2D eigenvalue weighted by molar-refractivity contribution is -0.186. The van der Waals surface area contributed by atoms with E-state index in [0.29, 0.717) is 78.1 Å². The lowest BCUT2D eigenvalue weighted by atomic mass is 9.62. The fourth-order valence-corrected chi connectivity index (χ4v) is 23.9. The molecule has 1 aliphatic heterocycles. The summed E-state index contributed by atoms with van der Waals surface area (Å²) in [6.07, 6.45) is 8.29. The van der Waals surface area contributed by atoms with Gasteiger partial charge in [0.25, 0.3) is 0 Å². The predicted molar refractivity (Wildman–Crippen MR) is 441 cm³/mol. The van der Waals surface area contributed by atoms with Gasteiger partial charge < -0.3 is 43.4 Å². The van der Waals surface area contributed by atoms with Crippen molar-refractivity contribution in [2.45, 2.75) is 307 Å². The molecule has 1 saturated heterocycles. The fraction of sp³-hybridized carbons (Fsp3) is 0.899. The van der Waals surface area contributed by atoms with Gasteiger partial charge in [-0.1, -0.05) is 144 Å². The van der Waals surface area contributed by atoms with Crippen LogP contribution in [-0.4, -0.2) is 121 Å². The van der Waals surface area contributed by atoms with Crippen molar-refractivity contribution >= 4 is 63.7 Å². The Balaban J connectivity index is 0. The number of ether oxygens (including phenoxy) is 7. The van der Waals surface area contributed by atoms with Gasteiger partial charge in [0.1, 0.15) is 16.8 Å². The number of carbonyl (C=O) groups is 9. The summed E-state index contributed by atoms with van der Waals surface area (Å²) in [5.41, 5.74) is -1.50. The van der Waals surface area contributed by atoms with Crippen molar-refractivity contribution in [1.29, 1.82) is 0 Å². The molecule has 0 radical (unpaired) electrons. The zero-order valence-corrected chi connectivity index (χ0v) is 65.4. The summed E-state index contributed by atoms with van der Waals surface area (Å²) in [6.45, 7) is 43.2. The number of esters is 6. The second-order valence-corrected chi connectivity index (χ2v) is 38.8. The molecule has 13 fully saturated rings. The smallest absolute Gasteiger partial charge is 0.347 e. The average molecular weight is 1600 g/mol. The number of carbonyl (C=O) groups excluding carboxylic acids is 7. The molecule has 0 aromatic carbocycles. The molecule has 13 aliphatic rings. The maximum atomic E-state index is 12.8. The van der Waals surface area contributed by atoms with E-state index in [9.17, 15) is 61.8 Å². The van der Waals surface area contributed by atoms with Gasteiger partial charge in [-0.05, 0) is 270 Å². The lowest BCUT2D eigenvalue weighted by Crippen LogP contribution is -2.44. The Kier molecular flexibility index (Phi) is 39.8. The van der Waals surface area contributed by atoms with Gasteiger partial charge >= 0.3 is 47.8 Å². The topological polar surface area (TPSA) is 305 Å². The SMILES string of the molecule is C.C.C.C.C.C.C.C.C.C.CC1C(C)C2CC1C(C(=O)O)C2C(=O)OC(C)(C)C.CC1C(C)C2CC1C(C(=O)OC1CCOC1=O)C2C(=O)OC(C)(C)C.CC1C(C)C2CC1C1C3CC(C(=O)OC(C)(C)C)C(C3)C21.CC1C2CC(C(=O)NS(C)(=O)=O)C(C2)C1C.CCOC(C)OC(=O)C1C2CC(C(C)C2C)C1C(=O)O. The van der Waals surface area contributed by atoms with Crippen LogP contribution in [0, 0.1) is 189 Å². The minimum atomic E-state index is -3.41. The molecule has 1 heterocycles. The van der Waals surface area contributed by atoms with Gasteiger partial charge in [-0.2, -0.15) is 0 Å². The van der Waals surface area contributed by atoms with Gasteiger partial charge in [0.2, 0.25) is 22.0 Å². The first-order valence-corrected chi connectivity index (χ1v) is 40.4. The summed E-state index contributed by atoms with van der Waals surface area (Å²) in [5.74, 6) is 5.04. The number of cyclic esters (lactones) is 1. The zero-order chi connectivity index (χ0) is 75.3. The van der Waals surface area contributed by atoms with Gasteiger partial charge in [-0.15, -0.1) is 0 Å². The summed E-state index contributed by atoms with van der Waals surface area (Å²) in [4.78, 5) is 109. The van der Waals surface area contributed by atoms with E-state index in [0.717, 1.165) is 86.2 Å². The van der Waals surface area contributed by atoms with Crippen LogP contribution in [0.4, 0.5) is 0 Å². The van der Waals surface area contributed by atoms with Crippen molar-refractivity contribution in [1.82, 2.24) is 4.72 Å². The number of carboxylic acids is 2. The van der Waals surface area contributed by atoms with Crippen LogP contribution < -0.4 is 4.72 Å². The molecule has 1 amide bonds. The third kappa shape index (κ3) is 22.3. The number of carboxylic acid groups (broad SMARTS) is 2. The molecular weight excluding hydrogens is 1440 g/mol. The normalized spacial score (nSPS) is 39.7. The average Bonchev–Trinajstić information content (AvgIpc) is 1.53. The second kappa shape index (κ2) is 40.8. The molecule has 111 heavy (non-hydrogen) atoms. The van der Waals surface area contributed by atoms with E-state index >= 15 is 0 Å². The molecule has 34 atom stereocenters. The van der Waals surface area contributed by atoms with Gasteiger partial charge in [-0.25, -0.2) is 13.2 Å². The van der Waals surface area contributed by atoms with E-state index in [1.54, 1.807) is 6.92 Å². The highest BCUT2D eigenvalue weighted by Gasteiger charge is 2.68. The van der Waals surface area contributed by atoms with Crippen LogP contribution in [0.3, 0.4) is 0 Å². The predicted octanol–water partition coefficient (Wildman–Crippen LogP) is 18.5. The molecule has 21 nitrogen and oxygen atoms in total. The van der Waals surface area contributed by atoms with E-state index in [2.05, 4.69) is 74.0 Å². The molecule has 12 aliphatic carbocycles. The standard InChI is InChI=1S/C19H28O6.C19H30O2.C15H24O5.C15H24O4.C11H19NO3S.10CH4/c1-9-10(2)12-8-11(9)14(15(12)18(22)25-19(3,4)5)17(21)24-13-6-7-23-16(13)20;1-9-10(2)13-8-12(9)16-11-6-14(17(13)16)15(7-11)18(20)21-19(3,4)5;1-5-19-9(4)20-15(18)13-11-6-10(7(2)8(11)3)12(13)14(16)17;1-7-8(2)10-6-9(7)11(13(16)17)12(10)14(18)19-15(3,4)5;1-6-7(2)9-4-8(6)5-10(9)11(13)12-16(3,14)15;;;;;;;;;;/h9-15H,6-8H2,1-5H3;9-17H,6-8H2,1-5H3;7-13H,5-6H2,1-4H3,(H,16,17);7-12H,6H2,1-5H3,(H,16,17);6-10H,4-5H2,1-3H3,(H,12,13);10*1H4. The summed E-state index contributed by atoms with van der Waals surface area (Å²) >= 11 is 0. The molecule has 34 unspecified atom stereocenters. The van der Waals surface area contributed by atoms with Crippen molar-refractivity contribution in [2.24, 2.45) is 189 Å². The van der Waals surface area contributed by atoms with E-state index in [1.165, 1.54) is 12.8 Å². The largest absolute Gasteiger partial charge is 0.481 e. The Morgan fingerprint density at radius 1 is 0.432 bits per heavy atom. The fourth-order valence-electron chi connectivity index (χ4n) is 23.4. The molecule has 0 aromatic rings. The molecule has 652 valence electrons. The van der Waals surface area contributed by atoms with Gasteiger partial charge in [0, 0.05) is 18.9 Å². The van der Waals surface area contributed by atoms with Crippen LogP contribution in [0.15, 0.2) is 0 Å². The molecule has 13 rings (SSSR count). The van der Waals surface area contributed by atoms with Crippen molar-refractivity contribution in [2.75, 3.05) is 19.5 Å². The third-order valence-electron chi connectivity index (χ3n) is 28.5. The molecule has 12 saturated carbocycles. The summed E-state index contributed by atoms with van der Waals surface area (Å²) < 4.78 is 61.7. The van der Waals surface area contributed by atoms with Crippen molar-refractivity contribution in [3.63, 3.8) is 0 Å². The Bertz CT molecular complexity index is 3200. The number of amides is 1. The highest BCUT2D eigenvalue weighted by atomic mass is 32.2. The van der Waals surface area contributed by atoms with Crippen LogP contribution in [0.2, 0.25) is 0 Å². The number of fused-ring (bicyclic) bond motifs is 17. The zero-order valence-electron chi connectivity index (χ0n) is 64.6. The van der Waals surface area contributed by atoms with Crippen LogP contribution in [0.5, 0.6) is 0 Å². The Morgan fingerprint density at radius 3 is 1.13 bits per heavy atom. The van der Waals surface area contributed by atoms with Gasteiger partial charge in [-0.3, -0.25) is 43.1 Å². The van der Waals surface area contributed by atoms with E-state index in [4.69, 9.17) is 33.2 Å². The highest BCUT2D eigenvalue weighted by molar-refractivity contribution is 7.89. The van der Waals surface area contributed by atoms with Crippen molar-refractivity contribution in [3.8, 4) is 0 Å². The number of nitrogens with one attached hydrogen (secondary N) is 1. The van der Waals surface area contributed by atoms with E-state index in [1.807, 2.05) is 69.2 Å². The second-order valence-electron chi connectivity index (χ2n) is 37.0. The van der Waals surface area contributed by atoms with E-state index in [-0.39, 0.29) is 158 Å². The van der Waals surface area contributed by atoms with Crippen LogP contribution in [0.25, 0.3) is 0 Å². The van der Waals surface area contributed by atoms with Crippen molar-refractivity contribution in [3.05, 3.63) is 0 Å². The first-order chi connectivity index (χ1) is 46.7. The molecular formula is C89H165NO20S. The number of rotatable bonds is 13. The third-order valence-corrected chi connectivity index (χ3v) is 29.0. The molecule has 22 heteroatoms. The number of hydrogen-bond donors (Lipinski definition) is 3. The molecule has 3 N–H and O–H groups in total. The highest BCUT2D eigenvalue weighted by Crippen LogP contribution is 2.72. The minimum Gasteiger partial charge on any atom is -0.481 e. The number of aliphatic carboxylic acids is 2. The first-order valence-electron chi connectivity index (χ1n) is 38.5. The Hall–Kier alpha value is -4.86. The van der Waals surface area contributed by atoms with Crippen molar-refractivity contribution < 1.29 is 94.9 Å². The maximum Gasteiger partial charge on any atom is 0.347 e. The van der Waals surface area contributed by atoms with E-state index < -0.39 is 99.0 Å². The quantitative estimate of drug-likeness (QED) is 0.0668. The van der Waals surface area contributed by atoms with Crippen LogP contribution in [-0.2, 0) is 86.3 Å².